The van der Waals surface area contributed by atoms with Gasteiger partial charge in [-0.3, -0.25) is 14.5 Å². The van der Waals surface area contributed by atoms with Crippen molar-refractivity contribution in [1.82, 2.24) is 10.2 Å². The second-order valence-corrected chi connectivity index (χ2v) is 7.37. The maximum Gasteiger partial charge on any atom is 0.227 e. The number of nitrogens with one attached hydrogen (secondary N) is 1. The Bertz CT molecular complexity index is 864. The predicted molar refractivity (Wildman–Crippen MR) is 118 cm³/mol. The molecule has 0 atom stereocenters. The Morgan fingerprint density at radius 1 is 1.00 bits per heavy atom. The van der Waals surface area contributed by atoms with Crippen molar-refractivity contribution in [2.24, 2.45) is 0 Å². The van der Waals surface area contributed by atoms with Crippen LogP contribution in [-0.2, 0) is 22.7 Å². The lowest BCUT2D eigenvalue weighted by Crippen LogP contribution is -2.38. The average molecular weight is 410 g/mol. The summed E-state index contributed by atoms with van der Waals surface area (Å²) in [5, 5.41) is 2.97. The number of hydrogen-bond donors (Lipinski definition) is 1. The minimum atomic E-state index is -0.109. The first kappa shape index (κ1) is 21.8. The number of carbonyl (C=O) groups excluding carboxylic acids is 2. The van der Waals surface area contributed by atoms with E-state index < -0.39 is 0 Å². The summed E-state index contributed by atoms with van der Waals surface area (Å²) in [4.78, 5) is 29.1. The number of para-hydroxylation sites is 2. The molecule has 0 fully saturated rings. The first-order chi connectivity index (χ1) is 14.6. The number of benzene rings is 2. The zero-order valence-corrected chi connectivity index (χ0v) is 17.9. The van der Waals surface area contributed by atoms with Gasteiger partial charge in [-0.25, -0.2) is 0 Å². The Morgan fingerprint density at radius 3 is 2.47 bits per heavy atom. The van der Waals surface area contributed by atoms with Gasteiger partial charge in [-0.2, -0.15) is 0 Å². The quantitative estimate of drug-likeness (QED) is 0.690. The average Bonchev–Trinajstić information content (AvgIpc) is 2.79. The summed E-state index contributed by atoms with van der Waals surface area (Å²) in [5.74, 6) is 0.553. The van der Waals surface area contributed by atoms with Gasteiger partial charge < -0.3 is 15.0 Å². The summed E-state index contributed by atoms with van der Waals surface area (Å²) in [6.45, 7) is 8.61. The van der Waals surface area contributed by atoms with Crippen molar-refractivity contribution in [3.8, 4) is 5.75 Å². The molecule has 1 N–H and O–H groups in total. The normalized spacial score (nSPS) is 13.0. The largest absolute Gasteiger partial charge is 0.490 e. The first-order valence-corrected chi connectivity index (χ1v) is 10.7. The Hall–Kier alpha value is -2.86. The van der Waals surface area contributed by atoms with Crippen LogP contribution in [0.3, 0.4) is 0 Å². The van der Waals surface area contributed by atoms with Gasteiger partial charge in [0.2, 0.25) is 11.8 Å². The summed E-state index contributed by atoms with van der Waals surface area (Å²) in [6, 6.07) is 15.7. The van der Waals surface area contributed by atoms with Crippen molar-refractivity contribution in [3.05, 3.63) is 59.7 Å². The van der Waals surface area contributed by atoms with E-state index in [9.17, 15) is 9.59 Å². The van der Waals surface area contributed by atoms with Crippen molar-refractivity contribution in [3.63, 3.8) is 0 Å². The van der Waals surface area contributed by atoms with E-state index in [1.54, 1.807) is 4.90 Å². The SMILES string of the molecule is CCN(CC)Cc1ccccc1CNC(=O)CCC(=O)N1CCOc2ccccc21. The van der Waals surface area contributed by atoms with Gasteiger partial charge in [-0.05, 0) is 36.3 Å². The number of ether oxygens (including phenoxy) is 1. The van der Waals surface area contributed by atoms with Crippen molar-refractivity contribution in [2.45, 2.75) is 39.8 Å². The highest BCUT2D eigenvalue weighted by molar-refractivity contribution is 5.97. The molecule has 0 bridgehead atoms. The number of hydrogen-bond acceptors (Lipinski definition) is 4. The van der Waals surface area contributed by atoms with E-state index in [0.29, 0.717) is 25.4 Å². The molecule has 1 heterocycles. The van der Waals surface area contributed by atoms with Gasteiger partial charge >= 0.3 is 0 Å². The van der Waals surface area contributed by atoms with Gasteiger partial charge in [0.25, 0.3) is 0 Å². The molecule has 30 heavy (non-hydrogen) atoms. The van der Waals surface area contributed by atoms with Crippen LogP contribution in [-0.4, -0.2) is 43.0 Å². The number of anilines is 1. The molecule has 160 valence electrons. The zero-order chi connectivity index (χ0) is 21.3. The highest BCUT2D eigenvalue weighted by Crippen LogP contribution is 2.31. The van der Waals surface area contributed by atoms with Crippen LogP contribution in [0.2, 0.25) is 0 Å². The maximum absolute atomic E-state index is 12.7. The highest BCUT2D eigenvalue weighted by atomic mass is 16.5. The minimum Gasteiger partial charge on any atom is -0.490 e. The topological polar surface area (TPSA) is 61.9 Å². The van der Waals surface area contributed by atoms with Gasteiger partial charge in [-0.15, -0.1) is 0 Å². The fourth-order valence-corrected chi connectivity index (χ4v) is 3.64. The van der Waals surface area contributed by atoms with Gasteiger partial charge in [0.05, 0.1) is 12.2 Å². The monoisotopic (exact) mass is 409 g/mol. The molecule has 0 spiro atoms. The van der Waals surface area contributed by atoms with E-state index in [2.05, 4.69) is 36.2 Å². The van der Waals surface area contributed by atoms with E-state index in [1.807, 2.05) is 36.4 Å². The number of nitrogens with zero attached hydrogens (tertiary/aromatic N) is 2. The molecule has 2 aromatic carbocycles. The highest BCUT2D eigenvalue weighted by Gasteiger charge is 2.23. The van der Waals surface area contributed by atoms with Crippen LogP contribution in [0.25, 0.3) is 0 Å². The molecule has 0 saturated carbocycles. The molecule has 0 unspecified atom stereocenters. The van der Waals surface area contributed by atoms with Gasteiger partial charge in [-0.1, -0.05) is 50.2 Å². The lowest BCUT2D eigenvalue weighted by molar-refractivity contribution is -0.125. The molecule has 0 saturated heterocycles. The molecule has 6 heteroatoms. The summed E-state index contributed by atoms with van der Waals surface area (Å²) in [7, 11) is 0. The standard InChI is InChI=1S/C24H31N3O3/c1-3-26(4-2)18-20-10-6-5-9-19(20)17-25-23(28)13-14-24(29)27-15-16-30-22-12-8-7-11-21(22)27/h5-12H,3-4,13-18H2,1-2H3,(H,25,28). The van der Waals surface area contributed by atoms with E-state index in [4.69, 9.17) is 4.74 Å². The fourth-order valence-electron chi connectivity index (χ4n) is 3.64. The van der Waals surface area contributed by atoms with Crippen LogP contribution in [0.15, 0.2) is 48.5 Å². The molecule has 0 aromatic heterocycles. The van der Waals surface area contributed by atoms with Crippen molar-refractivity contribution in [1.29, 1.82) is 0 Å². The first-order valence-electron chi connectivity index (χ1n) is 10.7. The van der Waals surface area contributed by atoms with E-state index >= 15 is 0 Å². The summed E-state index contributed by atoms with van der Waals surface area (Å²) < 4.78 is 5.60. The lowest BCUT2D eigenvalue weighted by atomic mass is 10.1. The maximum atomic E-state index is 12.7. The minimum absolute atomic E-state index is 0.0529. The molecule has 2 aromatic rings. The molecule has 2 amide bonds. The number of carbonyl (C=O) groups is 2. The fraction of sp³-hybridized carbons (Fsp3) is 0.417. The van der Waals surface area contributed by atoms with Crippen LogP contribution in [0, 0.1) is 0 Å². The molecule has 3 rings (SSSR count). The smallest absolute Gasteiger partial charge is 0.227 e. The third-order valence-corrected chi connectivity index (χ3v) is 5.48. The van der Waals surface area contributed by atoms with Crippen LogP contribution in [0.5, 0.6) is 5.75 Å². The Kier molecular flexibility index (Phi) is 7.85. The second kappa shape index (κ2) is 10.8. The Balaban J connectivity index is 1.51. The van der Waals surface area contributed by atoms with Gasteiger partial charge in [0, 0.05) is 25.9 Å². The van der Waals surface area contributed by atoms with Gasteiger partial charge in [0.15, 0.2) is 0 Å². The molecule has 0 aliphatic carbocycles. The summed E-state index contributed by atoms with van der Waals surface area (Å²) in [6.07, 6.45) is 0.359. The van der Waals surface area contributed by atoms with Crippen molar-refractivity contribution >= 4 is 17.5 Å². The third-order valence-electron chi connectivity index (χ3n) is 5.48. The van der Waals surface area contributed by atoms with E-state index in [1.165, 1.54) is 5.56 Å². The molecular formula is C24H31N3O3. The summed E-state index contributed by atoms with van der Waals surface area (Å²) in [5.41, 5.74) is 3.12. The van der Waals surface area contributed by atoms with Crippen LogP contribution >= 0.6 is 0 Å². The predicted octanol–water partition coefficient (Wildman–Crippen LogP) is 3.35. The molecule has 6 nitrogen and oxygen atoms in total. The Labute approximate surface area is 178 Å². The molecule has 0 radical (unpaired) electrons. The van der Waals surface area contributed by atoms with Crippen molar-refractivity contribution < 1.29 is 14.3 Å². The third kappa shape index (κ3) is 5.60. The summed E-state index contributed by atoms with van der Waals surface area (Å²) >= 11 is 0. The van der Waals surface area contributed by atoms with E-state index in [-0.39, 0.29) is 24.7 Å². The van der Waals surface area contributed by atoms with Crippen LogP contribution in [0.4, 0.5) is 5.69 Å². The van der Waals surface area contributed by atoms with Crippen LogP contribution in [0.1, 0.15) is 37.8 Å². The second-order valence-electron chi connectivity index (χ2n) is 7.37. The molecule has 1 aliphatic heterocycles. The number of fused-ring (bicyclic) bond motifs is 1. The number of rotatable bonds is 9. The molecule has 1 aliphatic rings. The number of amides is 2. The molecular weight excluding hydrogens is 378 g/mol. The van der Waals surface area contributed by atoms with E-state index in [0.717, 1.165) is 30.9 Å². The van der Waals surface area contributed by atoms with Crippen LogP contribution < -0.4 is 15.0 Å². The lowest BCUT2D eigenvalue weighted by Gasteiger charge is -2.29. The van der Waals surface area contributed by atoms with Crippen molar-refractivity contribution in [2.75, 3.05) is 31.1 Å². The van der Waals surface area contributed by atoms with Gasteiger partial charge in [0.1, 0.15) is 12.4 Å². The Morgan fingerprint density at radius 2 is 1.70 bits per heavy atom. The zero-order valence-electron chi connectivity index (χ0n) is 17.9.